The van der Waals surface area contributed by atoms with Gasteiger partial charge >= 0.3 is 0 Å². The van der Waals surface area contributed by atoms with Crippen molar-refractivity contribution in [3.05, 3.63) is 22.4 Å². The standard InChI is InChI=1S/C13H20BrN3O/c1-4-13(5-2,8-15)12(18)17-10-6-9(3)11(14)16-7-10/h6-7H,4-5,8,15H2,1-3H3,(H,17,18). The molecule has 4 nitrogen and oxygen atoms in total. The predicted molar refractivity (Wildman–Crippen MR) is 77.4 cm³/mol. The SMILES string of the molecule is CCC(CC)(CN)C(=O)Nc1cnc(Br)c(C)c1. The molecule has 0 atom stereocenters. The van der Waals surface area contributed by atoms with E-state index in [1.165, 1.54) is 0 Å². The van der Waals surface area contributed by atoms with Crippen molar-refractivity contribution in [1.29, 1.82) is 0 Å². The first-order valence-corrected chi connectivity index (χ1v) is 6.92. The Balaban J connectivity index is 2.89. The maximum Gasteiger partial charge on any atom is 0.231 e. The summed E-state index contributed by atoms with van der Waals surface area (Å²) in [6.45, 7) is 6.26. The fraction of sp³-hybridized carbons (Fsp3) is 0.538. The average molecular weight is 314 g/mol. The highest BCUT2D eigenvalue weighted by Crippen LogP contribution is 2.27. The fourth-order valence-corrected chi connectivity index (χ4v) is 2.06. The summed E-state index contributed by atoms with van der Waals surface area (Å²) in [7, 11) is 0. The highest BCUT2D eigenvalue weighted by molar-refractivity contribution is 9.10. The van der Waals surface area contributed by atoms with Crippen LogP contribution in [0.1, 0.15) is 32.3 Å². The predicted octanol–water partition coefficient (Wildman–Crippen LogP) is 2.86. The van der Waals surface area contributed by atoms with Crippen LogP contribution >= 0.6 is 15.9 Å². The zero-order chi connectivity index (χ0) is 13.8. The smallest absolute Gasteiger partial charge is 0.231 e. The summed E-state index contributed by atoms with van der Waals surface area (Å²) in [5.41, 5.74) is 6.96. The molecule has 0 aromatic carbocycles. The Kier molecular flexibility index (Phi) is 5.28. The van der Waals surface area contributed by atoms with Crippen molar-refractivity contribution < 1.29 is 4.79 Å². The summed E-state index contributed by atoms with van der Waals surface area (Å²) in [6.07, 6.45) is 3.10. The number of pyridine rings is 1. The highest BCUT2D eigenvalue weighted by atomic mass is 79.9. The van der Waals surface area contributed by atoms with E-state index in [4.69, 9.17) is 5.73 Å². The molecule has 18 heavy (non-hydrogen) atoms. The first-order chi connectivity index (χ1) is 8.49. The third-order valence-corrected chi connectivity index (χ3v) is 4.33. The molecule has 1 rings (SSSR count). The van der Waals surface area contributed by atoms with Crippen LogP contribution in [0.25, 0.3) is 0 Å². The van der Waals surface area contributed by atoms with Gasteiger partial charge in [0.05, 0.1) is 17.3 Å². The van der Waals surface area contributed by atoms with Gasteiger partial charge in [0.2, 0.25) is 5.91 Å². The first-order valence-electron chi connectivity index (χ1n) is 6.12. The molecule has 0 fully saturated rings. The second-order valence-corrected chi connectivity index (χ2v) is 5.23. The summed E-state index contributed by atoms with van der Waals surface area (Å²) in [6, 6.07) is 1.89. The monoisotopic (exact) mass is 313 g/mol. The summed E-state index contributed by atoms with van der Waals surface area (Å²) in [4.78, 5) is 16.5. The van der Waals surface area contributed by atoms with Gasteiger partial charge in [0.15, 0.2) is 0 Å². The number of nitrogens with two attached hydrogens (primary N) is 1. The molecule has 1 amide bonds. The van der Waals surface area contributed by atoms with E-state index in [0.29, 0.717) is 12.2 Å². The van der Waals surface area contributed by atoms with E-state index in [-0.39, 0.29) is 5.91 Å². The molecule has 100 valence electrons. The van der Waals surface area contributed by atoms with Crippen LogP contribution < -0.4 is 11.1 Å². The van der Waals surface area contributed by atoms with Gasteiger partial charge in [-0.2, -0.15) is 0 Å². The number of anilines is 1. The van der Waals surface area contributed by atoms with Crippen LogP contribution in [0.2, 0.25) is 0 Å². The van der Waals surface area contributed by atoms with Crippen LogP contribution in [0.3, 0.4) is 0 Å². The minimum Gasteiger partial charge on any atom is -0.329 e. The second-order valence-electron chi connectivity index (χ2n) is 4.48. The first kappa shape index (κ1) is 15.1. The molecule has 0 radical (unpaired) electrons. The molecule has 5 heteroatoms. The fourth-order valence-electron chi connectivity index (χ4n) is 1.84. The lowest BCUT2D eigenvalue weighted by molar-refractivity contribution is -0.125. The number of hydrogen-bond acceptors (Lipinski definition) is 3. The van der Waals surface area contributed by atoms with Gasteiger partial charge in [0, 0.05) is 6.54 Å². The van der Waals surface area contributed by atoms with Gasteiger partial charge in [-0.1, -0.05) is 13.8 Å². The number of rotatable bonds is 5. The zero-order valence-corrected chi connectivity index (χ0v) is 12.7. The summed E-state index contributed by atoms with van der Waals surface area (Å²) in [5, 5.41) is 2.90. The molecule has 0 spiro atoms. The van der Waals surface area contributed by atoms with Crippen molar-refractivity contribution in [3.63, 3.8) is 0 Å². The van der Waals surface area contributed by atoms with E-state index < -0.39 is 5.41 Å². The van der Waals surface area contributed by atoms with Crippen LogP contribution in [-0.4, -0.2) is 17.4 Å². The van der Waals surface area contributed by atoms with Gasteiger partial charge in [-0.15, -0.1) is 0 Å². The van der Waals surface area contributed by atoms with Crippen LogP contribution in [0, 0.1) is 12.3 Å². The van der Waals surface area contributed by atoms with Crippen molar-refractivity contribution >= 4 is 27.5 Å². The molecule has 3 N–H and O–H groups in total. The van der Waals surface area contributed by atoms with E-state index in [0.717, 1.165) is 23.0 Å². The van der Waals surface area contributed by atoms with Crippen LogP contribution in [-0.2, 0) is 4.79 Å². The molecule has 0 saturated carbocycles. The van der Waals surface area contributed by atoms with E-state index in [1.54, 1.807) is 6.20 Å². The summed E-state index contributed by atoms with van der Waals surface area (Å²) < 4.78 is 0.788. The van der Waals surface area contributed by atoms with Crippen molar-refractivity contribution in [1.82, 2.24) is 4.98 Å². The molecule has 0 saturated heterocycles. The number of hydrogen-bond donors (Lipinski definition) is 2. The summed E-state index contributed by atoms with van der Waals surface area (Å²) >= 11 is 3.33. The molecule has 1 aromatic heterocycles. The number of aryl methyl sites for hydroxylation is 1. The lowest BCUT2D eigenvalue weighted by Crippen LogP contribution is -2.41. The summed E-state index contributed by atoms with van der Waals surface area (Å²) in [5.74, 6) is -0.0291. The third-order valence-electron chi connectivity index (χ3n) is 3.50. The molecule has 0 bridgehead atoms. The molecule has 1 heterocycles. The minimum atomic E-state index is -0.485. The number of aromatic nitrogens is 1. The third kappa shape index (κ3) is 3.09. The maximum absolute atomic E-state index is 12.3. The molecular formula is C13H20BrN3O. The largest absolute Gasteiger partial charge is 0.329 e. The van der Waals surface area contributed by atoms with Crippen molar-refractivity contribution in [2.24, 2.45) is 11.1 Å². The van der Waals surface area contributed by atoms with E-state index in [1.807, 2.05) is 26.8 Å². The van der Waals surface area contributed by atoms with E-state index in [2.05, 4.69) is 26.2 Å². The normalized spacial score (nSPS) is 11.4. The van der Waals surface area contributed by atoms with E-state index in [9.17, 15) is 4.79 Å². The maximum atomic E-state index is 12.3. The Morgan fingerprint density at radius 1 is 1.50 bits per heavy atom. The lowest BCUT2D eigenvalue weighted by atomic mass is 9.81. The Morgan fingerprint density at radius 3 is 2.56 bits per heavy atom. The van der Waals surface area contributed by atoms with Gasteiger partial charge in [-0.05, 0) is 47.3 Å². The van der Waals surface area contributed by atoms with Crippen molar-refractivity contribution in [2.45, 2.75) is 33.6 Å². The quantitative estimate of drug-likeness (QED) is 0.821. The molecule has 0 aliphatic carbocycles. The number of nitrogens with zero attached hydrogens (tertiary/aromatic N) is 1. The van der Waals surface area contributed by atoms with Crippen molar-refractivity contribution in [2.75, 3.05) is 11.9 Å². The van der Waals surface area contributed by atoms with Crippen molar-refractivity contribution in [3.8, 4) is 0 Å². The second kappa shape index (κ2) is 6.29. The number of carbonyl (C=O) groups excluding carboxylic acids is 1. The molecule has 1 aromatic rings. The van der Waals surface area contributed by atoms with Gasteiger partial charge in [-0.25, -0.2) is 4.98 Å². The number of amides is 1. The average Bonchev–Trinajstić information content (AvgIpc) is 2.37. The Bertz CT molecular complexity index is 422. The minimum absolute atomic E-state index is 0.0291. The van der Waals surface area contributed by atoms with Crippen LogP contribution in [0.15, 0.2) is 16.9 Å². The lowest BCUT2D eigenvalue weighted by Gasteiger charge is -2.28. The number of nitrogens with one attached hydrogen (secondary N) is 1. The molecule has 0 unspecified atom stereocenters. The molecule has 0 aliphatic heterocycles. The Morgan fingerprint density at radius 2 is 2.11 bits per heavy atom. The Hall–Kier alpha value is -0.940. The van der Waals surface area contributed by atoms with Gasteiger partial charge < -0.3 is 11.1 Å². The van der Waals surface area contributed by atoms with Crippen LogP contribution in [0.4, 0.5) is 5.69 Å². The topological polar surface area (TPSA) is 68.0 Å². The number of carbonyl (C=O) groups is 1. The van der Waals surface area contributed by atoms with Gasteiger partial charge in [-0.3, -0.25) is 4.79 Å². The highest BCUT2D eigenvalue weighted by Gasteiger charge is 2.33. The van der Waals surface area contributed by atoms with Gasteiger partial charge in [0.25, 0.3) is 0 Å². The number of halogens is 1. The molecule has 0 aliphatic rings. The zero-order valence-electron chi connectivity index (χ0n) is 11.1. The van der Waals surface area contributed by atoms with Crippen LogP contribution in [0.5, 0.6) is 0 Å². The Labute approximate surface area is 116 Å². The van der Waals surface area contributed by atoms with E-state index >= 15 is 0 Å². The molecular weight excluding hydrogens is 294 g/mol. The van der Waals surface area contributed by atoms with Gasteiger partial charge in [0.1, 0.15) is 4.60 Å².